The van der Waals surface area contributed by atoms with Gasteiger partial charge in [-0.25, -0.2) is 8.78 Å². The predicted octanol–water partition coefficient (Wildman–Crippen LogP) is 3.16. The Labute approximate surface area is 98.1 Å². The molecule has 17 heavy (non-hydrogen) atoms. The average molecular weight is 234 g/mol. The van der Waals surface area contributed by atoms with Gasteiger partial charge in [0.15, 0.2) is 11.6 Å². The zero-order valence-corrected chi connectivity index (χ0v) is 9.08. The van der Waals surface area contributed by atoms with Crippen LogP contribution in [0.15, 0.2) is 42.5 Å². The van der Waals surface area contributed by atoms with Gasteiger partial charge in [-0.1, -0.05) is 30.3 Å². The molecule has 0 saturated heterocycles. The lowest BCUT2D eigenvalue weighted by atomic mass is 10.2. The summed E-state index contributed by atoms with van der Waals surface area (Å²) in [5.74, 6) is -1.36. The first-order valence-corrected chi connectivity index (χ1v) is 5.19. The Morgan fingerprint density at radius 1 is 1.00 bits per heavy atom. The smallest absolute Gasteiger partial charge is 0.151 e. The maximum absolute atomic E-state index is 13.4. The number of nitrogens with two attached hydrogens (primary N) is 1. The third kappa shape index (κ3) is 2.72. The first-order valence-electron chi connectivity index (χ1n) is 5.19. The van der Waals surface area contributed by atoms with Gasteiger partial charge in [-0.15, -0.1) is 0 Å². The van der Waals surface area contributed by atoms with Crippen molar-refractivity contribution < 1.29 is 8.78 Å². The second-order valence-electron chi connectivity index (χ2n) is 3.70. The quantitative estimate of drug-likeness (QED) is 0.800. The predicted molar refractivity (Wildman–Crippen MR) is 64.5 cm³/mol. The van der Waals surface area contributed by atoms with Crippen LogP contribution in [0.25, 0.3) is 0 Å². The fourth-order valence-corrected chi connectivity index (χ4v) is 1.55. The lowest BCUT2D eigenvalue weighted by Crippen LogP contribution is -2.04. The minimum absolute atomic E-state index is 0.0743. The van der Waals surface area contributed by atoms with Crippen LogP contribution in [0.3, 0.4) is 0 Å². The summed E-state index contributed by atoms with van der Waals surface area (Å²) in [6.07, 6.45) is 0. The van der Waals surface area contributed by atoms with Gasteiger partial charge in [0.05, 0.1) is 0 Å². The number of rotatable bonds is 3. The fourth-order valence-electron chi connectivity index (χ4n) is 1.55. The molecular formula is C13H12F2N2. The van der Waals surface area contributed by atoms with Gasteiger partial charge in [-0.05, 0) is 17.7 Å². The van der Waals surface area contributed by atoms with Crippen molar-refractivity contribution in [1.29, 1.82) is 0 Å². The van der Waals surface area contributed by atoms with E-state index in [0.29, 0.717) is 6.54 Å². The highest BCUT2D eigenvalue weighted by Crippen LogP contribution is 2.22. The molecule has 0 amide bonds. The molecule has 0 fully saturated rings. The Balaban J connectivity index is 2.15. The van der Waals surface area contributed by atoms with Crippen LogP contribution in [0.5, 0.6) is 0 Å². The molecule has 0 saturated carbocycles. The maximum Gasteiger partial charge on any atom is 0.151 e. The van der Waals surface area contributed by atoms with E-state index < -0.39 is 11.6 Å². The molecule has 2 nitrogen and oxygen atoms in total. The molecule has 0 aromatic heterocycles. The lowest BCUT2D eigenvalue weighted by molar-refractivity contribution is 0.589. The van der Waals surface area contributed by atoms with Crippen molar-refractivity contribution in [2.24, 2.45) is 0 Å². The number of halogens is 2. The Morgan fingerprint density at radius 2 is 1.59 bits per heavy atom. The molecule has 0 unspecified atom stereocenters. The number of benzene rings is 2. The van der Waals surface area contributed by atoms with Crippen LogP contribution in [-0.4, -0.2) is 0 Å². The summed E-state index contributed by atoms with van der Waals surface area (Å²) in [6, 6.07) is 11.6. The fraction of sp³-hybridized carbons (Fsp3) is 0.0769. The molecule has 2 rings (SSSR count). The van der Waals surface area contributed by atoms with Crippen molar-refractivity contribution in [3.63, 3.8) is 0 Å². The van der Waals surface area contributed by atoms with E-state index in [1.54, 1.807) is 0 Å². The standard InChI is InChI=1S/C13H12F2N2/c14-11-6-10(16)7-12(15)13(11)17-8-9-4-2-1-3-5-9/h1-7,17H,8,16H2. The molecule has 0 aliphatic carbocycles. The van der Waals surface area contributed by atoms with Gasteiger partial charge in [0.2, 0.25) is 0 Å². The summed E-state index contributed by atoms with van der Waals surface area (Å²) in [7, 11) is 0. The molecule has 2 aromatic rings. The largest absolute Gasteiger partial charge is 0.399 e. The van der Waals surface area contributed by atoms with E-state index in [0.717, 1.165) is 17.7 Å². The molecule has 4 heteroatoms. The van der Waals surface area contributed by atoms with Crippen LogP contribution in [0.1, 0.15) is 5.56 Å². The number of hydrogen-bond acceptors (Lipinski definition) is 2. The van der Waals surface area contributed by atoms with Gasteiger partial charge in [-0.2, -0.15) is 0 Å². The summed E-state index contributed by atoms with van der Waals surface area (Å²) in [5, 5.41) is 2.72. The topological polar surface area (TPSA) is 38.0 Å². The van der Waals surface area contributed by atoms with Crippen molar-refractivity contribution in [1.82, 2.24) is 0 Å². The molecule has 88 valence electrons. The first-order chi connectivity index (χ1) is 8.16. The normalized spacial score (nSPS) is 10.2. The minimum Gasteiger partial charge on any atom is -0.399 e. The van der Waals surface area contributed by atoms with E-state index in [1.165, 1.54) is 0 Å². The number of nitrogen functional groups attached to an aromatic ring is 1. The van der Waals surface area contributed by atoms with Crippen molar-refractivity contribution in [2.75, 3.05) is 11.1 Å². The van der Waals surface area contributed by atoms with Crippen LogP contribution in [-0.2, 0) is 6.54 Å². The first kappa shape index (κ1) is 11.4. The van der Waals surface area contributed by atoms with Gasteiger partial charge in [0.25, 0.3) is 0 Å². The van der Waals surface area contributed by atoms with Crippen molar-refractivity contribution >= 4 is 11.4 Å². The highest BCUT2D eigenvalue weighted by molar-refractivity contribution is 5.54. The SMILES string of the molecule is Nc1cc(F)c(NCc2ccccc2)c(F)c1. The maximum atomic E-state index is 13.4. The van der Waals surface area contributed by atoms with Crippen LogP contribution in [0.2, 0.25) is 0 Å². The second-order valence-corrected chi connectivity index (χ2v) is 3.70. The molecule has 0 heterocycles. The molecule has 0 spiro atoms. The summed E-state index contributed by atoms with van der Waals surface area (Å²) >= 11 is 0. The Bertz CT molecular complexity index is 489. The van der Waals surface area contributed by atoms with Crippen LogP contribution < -0.4 is 11.1 Å². The monoisotopic (exact) mass is 234 g/mol. The average Bonchev–Trinajstić information content (AvgIpc) is 2.29. The summed E-state index contributed by atoms with van der Waals surface area (Å²) in [4.78, 5) is 0. The van der Waals surface area contributed by atoms with Crippen LogP contribution in [0.4, 0.5) is 20.2 Å². The molecule has 0 aliphatic heterocycles. The van der Waals surface area contributed by atoms with Gasteiger partial charge in [-0.3, -0.25) is 0 Å². The van der Waals surface area contributed by atoms with Crippen LogP contribution >= 0.6 is 0 Å². The van der Waals surface area contributed by atoms with Gasteiger partial charge in [0.1, 0.15) is 5.69 Å². The van der Waals surface area contributed by atoms with E-state index in [1.807, 2.05) is 30.3 Å². The molecule has 0 atom stereocenters. The summed E-state index contributed by atoms with van der Waals surface area (Å²) in [5.41, 5.74) is 6.20. The highest BCUT2D eigenvalue weighted by Gasteiger charge is 2.09. The second kappa shape index (κ2) is 4.82. The molecule has 2 aromatic carbocycles. The summed E-state index contributed by atoms with van der Waals surface area (Å²) < 4.78 is 26.9. The molecule has 0 radical (unpaired) electrons. The Morgan fingerprint density at radius 3 is 2.18 bits per heavy atom. The lowest BCUT2D eigenvalue weighted by Gasteiger charge is -2.09. The van der Waals surface area contributed by atoms with Crippen molar-refractivity contribution in [2.45, 2.75) is 6.54 Å². The number of anilines is 2. The number of hydrogen-bond donors (Lipinski definition) is 2. The highest BCUT2D eigenvalue weighted by atomic mass is 19.1. The van der Waals surface area contributed by atoms with Gasteiger partial charge in [0, 0.05) is 12.2 Å². The third-order valence-corrected chi connectivity index (χ3v) is 2.38. The zero-order chi connectivity index (χ0) is 12.3. The van der Waals surface area contributed by atoms with E-state index >= 15 is 0 Å². The van der Waals surface area contributed by atoms with Gasteiger partial charge < -0.3 is 11.1 Å². The van der Waals surface area contributed by atoms with Crippen molar-refractivity contribution in [3.05, 3.63) is 59.7 Å². The van der Waals surface area contributed by atoms with Crippen molar-refractivity contribution in [3.8, 4) is 0 Å². The van der Waals surface area contributed by atoms with E-state index in [2.05, 4.69) is 5.32 Å². The van der Waals surface area contributed by atoms with Crippen LogP contribution in [0, 0.1) is 11.6 Å². The van der Waals surface area contributed by atoms with E-state index in [4.69, 9.17) is 5.73 Å². The molecule has 3 N–H and O–H groups in total. The Hall–Kier alpha value is -2.10. The summed E-state index contributed by atoms with van der Waals surface area (Å²) in [6.45, 7) is 0.360. The molecule has 0 bridgehead atoms. The Kier molecular flexibility index (Phi) is 3.23. The molecule has 0 aliphatic rings. The van der Waals surface area contributed by atoms with E-state index in [9.17, 15) is 8.78 Å². The molecular weight excluding hydrogens is 222 g/mol. The minimum atomic E-state index is -0.682. The van der Waals surface area contributed by atoms with E-state index in [-0.39, 0.29) is 11.4 Å². The zero-order valence-electron chi connectivity index (χ0n) is 9.08. The number of nitrogens with one attached hydrogen (secondary N) is 1. The van der Waals surface area contributed by atoms with Gasteiger partial charge >= 0.3 is 0 Å². The third-order valence-electron chi connectivity index (χ3n) is 2.38.